The SMILES string of the molecule is Cl.NC(=O)c1cc(N2CCC(N3CCOC3=O)CC2)nc2ccccc12. The van der Waals surface area contributed by atoms with Crippen molar-refractivity contribution in [2.24, 2.45) is 5.73 Å². The summed E-state index contributed by atoms with van der Waals surface area (Å²) in [5.74, 6) is 0.310. The number of hydrogen-bond donors (Lipinski definition) is 1. The Morgan fingerprint density at radius 2 is 1.92 bits per heavy atom. The molecule has 0 bridgehead atoms. The number of rotatable bonds is 3. The van der Waals surface area contributed by atoms with Crippen molar-refractivity contribution in [3.05, 3.63) is 35.9 Å². The molecule has 138 valence electrons. The van der Waals surface area contributed by atoms with Gasteiger partial charge >= 0.3 is 6.09 Å². The van der Waals surface area contributed by atoms with Crippen LogP contribution >= 0.6 is 12.4 Å². The van der Waals surface area contributed by atoms with Crippen LogP contribution < -0.4 is 10.6 Å². The van der Waals surface area contributed by atoms with Crippen molar-refractivity contribution >= 4 is 41.1 Å². The van der Waals surface area contributed by atoms with Crippen LogP contribution in [-0.4, -0.2) is 54.2 Å². The Morgan fingerprint density at radius 1 is 1.19 bits per heavy atom. The number of benzene rings is 1. The van der Waals surface area contributed by atoms with Crippen molar-refractivity contribution in [1.29, 1.82) is 0 Å². The van der Waals surface area contributed by atoms with Crippen molar-refractivity contribution in [3.63, 3.8) is 0 Å². The lowest BCUT2D eigenvalue weighted by molar-refractivity contribution is 0.100. The summed E-state index contributed by atoms with van der Waals surface area (Å²) in [5.41, 5.74) is 6.81. The molecule has 0 spiro atoms. The summed E-state index contributed by atoms with van der Waals surface area (Å²) in [6.07, 6.45) is 1.50. The number of carbonyl (C=O) groups excluding carboxylic acids is 2. The smallest absolute Gasteiger partial charge is 0.410 e. The maximum absolute atomic E-state index is 11.8. The number of pyridine rings is 1. The van der Waals surface area contributed by atoms with Gasteiger partial charge in [0.25, 0.3) is 0 Å². The van der Waals surface area contributed by atoms with Gasteiger partial charge in [-0.3, -0.25) is 4.79 Å². The molecule has 1 aromatic heterocycles. The van der Waals surface area contributed by atoms with Gasteiger partial charge in [0.05, 0.1) is 17.6 Å². The lowest BCUT2D eigenvalue weighted by atomic mass is 10.0. The molecule has 2 fully saturated rings. The van der Waals surface area contributed by atoms with E-state index < -0.39 is 5.91 Å². The summed E-state index contributed by atoms with van der Waals surface area (Å²) in [6.45, 7) is 2.70. The predicted octanol–water partition coefficient (Wildman–Crippen LogP) is 2.18. The van der Waals surface area contributed by atoms with Gasteiger partial charge in [0.1, 0.15) is 12.4 Å². The number of piperidine rings is 1. The minimum absolute atomic E-state index is 0. The molecule has 0 radical (unpaired) electrons. The third-order valence-corrected chi connectivity index (χ3v) is 4.99. The number of para-hydroxylation sites is 1. The zero-order chi connectivity index (χ0) is 17.4. The van der Waals surface area contributed by atoms with E-state index >= 15 is 0 Å². The third-order valence-electron chi connectivity index (χ3n) is 4.99. The van der Waals surface area contributed by atoms with Crippen LogP contribution in [0.4, 0.5) is 10.6 Å². The quantitative estimate of drug-likeness (QED) is 0.886. The Hall–Kier alpha value is -2.54. The first-order valence-electron chi connectivity index (χ1n) is 8.51. The molecular weight excluding hydrogens is 356 g/mol. The van der Waals surface area contributed by atoms with Crippen LogP contribution in [0.3, 0.4) is 0 Å². The van der Waals surface area contributed by atoms with E-state index in [2.05, 4.69) is 4.90 Å². The van der Waals surface area contributed by atoms with E-state index in [4.69, 9.17) is 15.5 Å². The maximum Gasteiger partial charge on any atom is 0.410 e. The highest BCUT2D eigenvalue weighted by atomic mass is 35.5. The molecule has 7 nitrogen and oxygen atoms in total. The minimum atomic E-state index is -0.449. The number of hydrogen-bond acceptors (Lipinski definition) is 5. The number of nitrogens with zero attached hydrogens (tertiary/aromatic N) is 3. The Balaban J connectivity index is 0.00000196. The van der Waals surface area contributed by atoms with Crippen LogP contribution in [0.5, 0.6) is 0 Å². The molecular formula is C18H21ClN4O3. The molecule has 2 amide bonds. The van der Waals surface area contributed by atoms with Crippen LogP contribution in [0.25, 0.3) is 10.9 Å². The van der Waals surface area contributed by atoms with Gasteiger partial charge in [-0.25, -0.2) is 9.78 Å². The molecule has 4 rings (SSSR count). The summed E-state index contributed by atoms with van der Waals surface area (Å²) < 4.78 is 5.03. The first-order chi connectivity index (χ1) is 12.1. The van der Waals surface area contributed by atoms with Gasteiger partial charge in [0.15, 0.2) is 0 Å². The van der Waals surface area contributed by atoms with E-state index in [9.17, 15) is 9.59 Å². The second-order valence-corrected chi connectivity index (χ2v) is 6.44. The molecule has 3 heterocycles. The minimum Gasteiger partial charge on any atom is -0.448 e. The Kier molecular flexibility index (Phi) is 5.18. The van der Waals surface area contributed by atoms with Gasteiger partial charge in [-0.1, -0.05) is 18.2 Å². The van der Waals surface area contributed by atoms with Gasteiger partial charge in [-0.2, -0.15) is 0 Å². The number of carbonyl (C=O) groups is 2. The number of aromatic nitrogens is 1. The summed E-state index contributed by atoms with van der Waals surface area (Å²) in [5, 5.41) is 0.772. The second kappa shape index (κ2) is 7.37. The number of fused-ring (bicyclic) bond motifs is 1. The third kappa shape index (κ3) is 3.26. The zero-order valence-electron chi connectivity index (χ0n) is 14.3. The first kappa shape index (κ1) is 18.3. The number of primary amides is 1. The molecule has 26 heavy (non-hydrogen) atoms. The molecule has 0 saturated carbocycles. The van der Waals surface area contributed by atoms with Gasteiger partial charge in [0, 0.05) is 24.5 Å². The van der Waals surface area contributed by atoms with Crippen molar-refractivity contribution in [2.45, 2.75) is 18.9 Å². The second-order valence-electron chi connectivity index (χ2n) is 6.44. The van der Waals surface area contributed by atoms with Gasteiger partial charge in [0.2, 0.25) is 5.91 Å². The summed E-state index contributed by atoms with van der Waals surface area (Å²) in [7, 11) is 0. The Morgan fingerprint density at radius 3 is 2.58 bits per heavy atom. The van der Waals surface area contributed by atoms with Crippen molar-refractivity contribution < 1.29 is 14.3 Å². The van der Waals surface area contributed by atoms with E-state index in [-0.39, 0.29) is 24.5 Å². The van der Waals surface area contributed by atoms with Crippen LogP contribution in [0.1, 0.15) is 23.2 Å². The highest BCUT2D eigenvalue weighted by molar-refractivity contribution is 6.06. The van der Waals surface area contributed by atoms with E-state index in [0.717, 1.165) is 42.7 Å². The van der Waals surface area contributed by atoms with E-state index in [0.29, 0.717) is 18.7 Å². The van der Waals surface area contributed by atoms with Crippen LogP contribution in [0, 0.1) is 0 Å². The molecule has 2 aliphatic heterocycles. The lowest BCUT2D eigenvalue weighted by Crippen LogP contribution is -2.45. The number of amides is 2. The first-order valence-corrected chi connectivity index (χ1v) is 8.51. The highest BCUT2D eigenvalue weighted by Crippen LogP contribution is 2.27. The molecule has 8 heteroatoms. The Bertz CT molecular complexity index is 836. The van der Waals surface area contributed by atoms with Crippen LogP contribution in [0.2, 0.25) is 0 Å². The average Bonchev–Trinajstić information content (AvgIpc) is 3.07. The monoisotopic (exact) mass is 376 g/mol. The van der Waals surface area contributed by atoms with Gasteiger partial charge in [-0.15, -0.1) is 12.4 Å². The summed E-state index contributed by atoms with van der Waals surface area (Å²) in [6, 6.07) is 9.50. The van der Waals surface area contributed by atoms with E-state index in [1.54, 1.807) is 6.07 Å². The highest BCUT2D eigenvalue weighted by Gasteiger charge is 2.32. The number of ether oxygens (including phenoxy) is 1. The van der Waals surface area contributed by atoms with E-state index in [1.807, 2.05) is 29.2 Å². The van der Waals surface area contributed by atoms with Crippen LogP contribution in [0.15, 0.2) is 30.3 Å². The van der Waals surface area contributed by atoms with Gasteiger partial charge < -0.3 is 20.3 Å². The molecule has 0 aliphatic carbocycles. The Labute approximate surface area is 157 Å². The van der Waals surface area contributed by atoms with Gasteiger partial charge in [-0.05, 0) is 25.0 Å². The fraction of sp³-hybridized carbons (Fsp3) is 0.389. The number of nitrogens with two attached hydrogens (primary N) is 1. The molecule has 0 unspecified atom stereocenters. The zero-order valence-corrected chi connectivity index (χ0v) is 15.1. The fourth-order valence-corrected chi connectivity index (χ4v) is 3.67. The van der Waals surface area contributed by atoms with Crippen molar-refractivity contribution in [3.8, 4) is 0 Å². The summed E-state index contributed by atoms with van der Waals surface area (Å²) in [4.78, 5) is 32.2. The summed E-state index contributed by atoms with van der Waals surface area (Å²) >= 11 is 0. The fourth-order valence-electron chi connectivity index (χ4n) is 3.67. The number of halogens is 1. The van der Waals surface area contributed by atoms with Crippen molar-refractivity contribution in [2.75, 3.05) is 31.1 Å². The topological polar surface area (TPSA) is 88.8 Å². The number of cyclic esters (lactones) is 1. The standard InChI is InChI=1S/C18H20N4O3.ClH/c19-17(23)14-11-16(20-15-4-2-1-3-13(14)15)21-7-5-12(6-8-21)22-9-10-25-18(22)24;/h1-4,11-12H,5-10H2,(H2,19,23);1H. The number of anilines is 1. The van der Waals surface area contributed by atoms with E-state index in [1.165, 1.54) is 0 Å². The molecule has 2 aliphatic rings. The maximum atomic E-state index is 11.8. The van der Waals surface area contributed by atoms with Crippen molar-refractivity contribution in [1.82, 2.24) is 9.88 Å². The molecule has 2 saturated heterocycles. The average molecular weight is 377 g/mol. The van der Waals surface area contributed by atoms with Crippen LogP contribution in [-0.2, 0) is 4.74 Å². The normalized spacial score (nSPS) is 17.9. The molecule has 2 N–H and O–H groups in total. The lowest BCUT2D eigenvalue weighted by Gasteiger charge is -2.36. The molecule has 2 aromatic rings. The molecule has 0 atom stereocenters. The predicted molar refractivity (Wildman–Crippen MR) is 101 cm³/mol. The largest absolute Gasteiger partial charge is 0.448 e. The molecule has 1 aromatic carbocycles.